The normalized spacial score (nSPS) is 25.1. The fourth-order valence-electron chi connectivity index (χ4n) is 11.6. The molecule has 0 radical (unpaired) electrons. The first kappa shape index (κ1) is 27.5. The molecule has 10 rings (SSSR count). The van der Waals surface area contributed by atoms with Crippen LogP contribution in [0.5, 0.6) is 0 Å². The number of benzene rings is 4. The predicted octanol–water partition coefficient (Wildman–Crippen LogP) is 7.60. The molecule has 4 aromatic rings. The molecule has 0 aliphatic heterocycles. The molecule has 0 bridgehead atoms. The van der Waals surface area contributed by atoms with Crippen molar-refractivity contribution in [3.8, 4) is 0 Å². The molecule has 0 saturated heterocycles. The van der Waals surface area contributed by atoms with E-state index >= 15 is 0 Å². The molecular weight excluding hydrogens is 553 g/mol. The van der Waals surface area contributed by atoms with Gasteiger partial charge in [0.1, 0.15) is 0 Å². The van der Waals surface area contributed by atoms with Gasteiger partial charge in [-0.25, -0.2) is 0 Å². The Morgan fingerprint density at radius 2 is 0.848 bits per heavy atom. The van der Waals surface area contributed by atoms with E-state index in [-0.39, 0.29) is 21.7 Å². The number of hydrogen-bond donors (Lipinski definition) is 0. The molecule has 0 amide bonds. The summed E-state index contributed by atoms with van der Waals surface area (Å²) in [5.74, 6) is 0.972. The van der Waals surface area contributed by atoms with Gasteiger partial charge in [-0.2, -0.15) is 0 Å². The highest BCUT2D eigenvalue weighted by atomic mass is 14.6. The van der Waals surface area contributed by atoms with Crippen molar-refractivity contribution >= 4 is 22.3 Å². The molecule has 0 aromatic heterocycles. The van der Waals surface area contributed by atoms with Gasteiger partial charge in [-0.05, 0) is 137 Å². The lowest BCUT2D eigenvalue weighted by Crippen LogP contribution is -2.49. The summed E-state index contributed by atoms with van der Waals surface area (Å²) in [5.41, 5.74) is 21.9. The summed E-state index contributed by atoms with van der Waals surface area (Å²) >= 11 is 0. The zero-order chi connectivity index (χ0) is 32.0. The third kappa shape index (κ3) is 2.84. The van der Waals surface area contributed by atoms with E-state index in [1.54, 1.807) is 66.1 Å². The Hall–Kier alpha value is -3.64. The average molecular weight is 599 g/mol. The van der Waals surface area contributed by atoms with E-state index in [4.69, 9.17) is 0 Å². The Bertz CT molecular complexity index is 2260. The second-order valence-electron chi connectivity index (χ2n) is 17.9. The van der Waals surface area contributed by atoms with Gasteiger partial charge in [0, 0.05) is 10.8 Å². The Labute approximate surface area is 274 Å². The lowest BCUT2D eigenvalue weighted by Gasteiger charge is -2.40. The standard InChI is InChI=1S/C46H46/c1-23-17-31-39-33(19-23)45(7,8)35-21-27(25-13-11-15-29(43(31,3)4)37(25)41(35)39)28-22-36-42-38-26(28)14-12-16-30(38)44(5,6)32-18-24(2)20-34(40(32)42)46(36,9)10/h11-20,35-36H,21-22H2,1-10H3. The van der Waals surface area contributed by atoms with Crippen molar-refractivity contribution in [3.63, 3.8) is 0 Å². The third-order valence-electron chi connectivity index (χ3n) is 14.1. The van der Waals surface area contributed by atoms with Crippen molar-refractivity contribution in [2.75, 3.05) is 0 Å². The third-order valence-corrected chi connectivity index (χ3v) is 14.1. The van der Waals surface area contributed by atoms with E-state index in [1.807, 2.05) is 0 Å². The minimum absolute atomic E-state index is 0.0319. The summed E-state index contributed by atoms with van der Waals surface area (Å²) in [5, 5.41) is 6.17. The second kappa shape index (κ2) is 7.90. The highest BCUT2D eigenvalue weighted by molar-refractivity contribution is 5.98. The van der Waals surface area contributed by atoms with Gasteiger partial charge in [-0.3, -0.25) is 0 Å². The predicted molar refractivity (Wildman–Crippen MR) is 192 cm³/mol. The first-order chi connectivity index (χ1) is 21.7. The van der Waals surface area contributed by atoms with Crippen LogP contribution < -0.4 is 20.9 Å². The number of hydrogen-bond acceptors (Lipinski definition) is 0. The van der Waals surface area contributed by atoms with Crippen LogP contribution in [-0.2, 0) is 21.7 Å². The highest BCUT2D eigenvalue weighted by Gasteiger charge is 2.53. The van der Waals surface area contributed by atoms with Gasteiger partial charge in [0.15, 0.2) is 0 Å². The van der Waals surface area contributed by atoms with Gasteiger partial charge in [-0.15, -0.1) is 0 Å². The molecule has 0 saturated carbocycles. The Morgan fingerprint density at radius 3 is 1.24 bits per heavy atom. The van der Waals surface area contributed by atoms with Gasteiger partial charge in [0.05, 0.1) is 0 Å². The first-order valence-electron chi connectivity index (χ1n) is 17.7. The molecular formula is C46H46. The largest absolute Gasteiger partial charge is 0.0613 e. The minimum atomic E-state index is -0.0319. The molecule has 0 nitrogen and oxygen atoms in total. The van der Waals surface area contributed by atoms with Crippen molar-refractivity contribution in [2.24, 2.45) is 11.8 Å². The highest BCUT2D eigenvalue weighted by Crippen LogP contribution is 2.60. The lowest BCUT2D eigenvalue weighted by atomic mass is 9.63. The van der Waals surface area contributed by atoms with Gasteiger partial charge in [-0.1, -0.05) is 127 Å². The first-order valence-corrected chi connectivity index (χ1v) is 17.7. The maximum Gasteiger partial charge on any atom is 0.0159 e. The molecule has 6 aliphatic rings. The Morgan fingerprint density at radius 1 is 0.478 bits per heavy atom. The van der Waals surface area contributed by atoms with Gasteiger partial charge >= 0.3 is 0 Å². The molecule has 2 unspecified atom stereocenters. The lowest BCUT2D eigenvalue weighted by molar-refractivity contribution is 0.409. The molecule has 0 N–H and O–H groups in total. The van der Waals surface area contributed by atoms with Crippen LogP contribution in [0.2, 0.25) is 0 Å². The Balaban J connectivity index is 1.40. The molecule has 0 spiro atoms. The summed E-state index contributed by atoms with van der Waals surface area (Å²) in [6, 6.07) is 24.7. The smallest absolute Gasteiger partial charge is 0.0159 e. The van der Waals surface area contributed by atoms with Crippen molar-refractivity contribution in [1.82, 2.24) is 0 Å². The fourth-order valence-corrected chi connectivity index (χ4v) is 11.6. The number of aryl methyl sites for hydroxylation is 2. The van der Waals surface area contributed by atoms with Crippen LogP contribution in [-0.4, -0.2) is 0 Å². The van der Waals surface area contributed by atoms with Gasteiger partial charge in [0.2, 0.25) is 0 Å². The SMILES string of the molecule is Cc1cc2c3c(c1)C(C)(C)C1CC(C4=c5cccc6c5=C5c7c(cc(C)cc7C(C)(C)C5C4)C6(C)C)=c4cccc(c4=C31)C2(C)C. The van der Waals surface area contributed by atoms with Crippen molar-refractivity contribution in [1.29, 1.82) is 0 Å². The molecule has 0 fully saturated rings. The van der Waals surface area contributed by atoms with E-state index in [9.17, 15) is 0 Å². The molecule has 0 heterocycles. The topological polar surface area (TPSA) is 0 Å². The summed E-state index contributed by atoms with van der Waals surface area (Å²) in [7, 11) is 0. The van der Waals surface area contributed by atoms with Crippen LogP contribution in [0.3, 0.4) is 0 Å². The van der Waals surface area contributed by atoms with E-state index in [2.05, 4.69) is 130 Å². The summed E-state index contributed by atoms with van der Waals surface area (Å²) in [4.78, 5) is 0. The zero-order valence-corrected chi connectivity index (χ0v) is 29.3. The van der Waals surface area contributed by atoms with Gasteiger partial charge in [0.25, 0.3) is 0 Å². The summed E-state index contributed by atoms with van der Waals surface area (Å²) in [6.45, 7) is 24.7. The zero-order valence-electron chi connectivity index (χ0n) is 29.3. The van der Waals surface area contributed by atoms with E-state index < -0.39 is 0 Å². The molecule has 230 valence electrons. The fraction of sp³-hybridized carbons (Fsp3) is 0.391. The maximum atomic E-state index is 2.54. The van der Waals surface area contributed by atoms with Crippen LogP contribution in [0.25, 0.3) is 22.3 Å². The molecule has 4 aromatic carbocycles. The van der Waals surface area contributed by atoms with Crippen LogP contribution >= 0.6 is 0 Å². The van der Waals surface area contributed by atoms with Crippen molar-refractivity contribution in [3.05, 3.63) is 137 Å². The number of rotatable bonds is 1. The van der Waals surface area contributed by atoms with E-state index in [1.165, 1.54) is 32.7 Å². The quantitative estimate of drug-likeness (QED) is 0.212. The molecule has 2 atom stereocenters. The van der Waals surface area contributed by atoms with E-state index in [0.29, 0.717) is 11.8 Å². The van der Waals surface area contributed by atoms with Crippen molar-refractivity contribution in [2.45, 2.75) is 104 Å². The Kier molecular flexibility index (Phi) is 4.72. The van der Waals surface area contributed by atoms with E-state index in [0.717, 1.165) is 12.8 Å². The monoisotopic (exact) mass is 598 g/mol. The van der Waals surface area contributed by atoms with Crippen LogP contribution in [0, 0.1) is 25.7 Å². The molecule has 6 aliphatic carbocycles. The summed E-state index contributed by atoms with van der Waals surface area (Å²) in [6.07, 6.45) is 2.24. The van der Waals surface area contributed by atoms with Gasteiger partial charge < -0.3 is 0 Å². The molecule has 46 heavy (non-hydrogen) atoms. The van der Waals surface area contributed by atoms with Crippen molar-refractivity contribution < 1.29 is 0 Å². The van der Waals surface area contributed by atoms with Crippen LogP contribution in [0.15, 0.2) is 60.7 Å². The molecule has 0 heteroatoms. The average Bonchev–Trinajstić information content (AvgIpc) is 3.37. The van der Waals surface area contributed by atoms with Crippen LogP contribution in [0.4, 0.5) is 0 Å². The summed E-state index contributed by atoms with van der Waals surface area (Å²) < 4.78 is 0. The van der Waals surface area contributed by atoms with Crippen LogP contribution in [0.1, 0.15) is 124 Å². The minimum Gasteiger partial charge on any atom is -0.0613 e. The maximum absolute atomic E-state index is 2.54. The second-order valence-corrected chi connectivity index (χ2v) is 17.9.